The van der Waals surface area contributed by atoms with Gasteiger partial charge in [0.15, 0.2) is 4.84 Å². The number of carbonyl (C=O) groups excluding carboxylic acids is 1. The van der Waals surface area contributed by atoms with E-state index in [4.69, 9.17) is 23.2 Å². The second-order valence-electron chi connectivity index (χ2n) is 7.93. The van der Waals surface area contributed by atoms with E-state index >= 15 is 0 Å². The van der Waals surface area contributed by atoms with Crippen LogP contribution in [-0.4, -0.2) is 32.3 Å². The van der Waals surface area contributed by atoms with Gasteiger partial charge in [-0.2, -0.15) is 0 Å². The Kier molecular flexibility index (Phi) is 6.77. The van der Waals surface area contributed by atoms with Gasteiger partial charge in [0, 0.05) is 24.8 Å². The summed E-state index contributed by atoms with van der Waals surface area (Å²) in [5.74, 6) is -0.602. The molecular formula is C22H25Cl2N3O3S. The Labute approximate surface area is 193 Å². The number of benzene rings is 2. The zero-order valence-corrected chi connectivity index (χ0v) is 19.3. The minimum atomic E-state index is -3.86. The van der Waals surface area contributed by atoms with Crippen molar-refractivity contribution in [3.8, 4) is 0 Å². The van der Waals surface area contributed by atoms with Gasteiger partial charge in [0.05, 0.1) is 5.69 Å². The lowest BCUT2D eigenvalue weighted by atomic mass is 9.88. The van der Waals surface area contributed by atoms with Crippen molar-refractivity contribution < 1.29 is 13.2 Å². The van der Waals surface area contributed by atoms with Crippen molar-refractivity contribution in [2.24, 2.45) is 0 Å². The summed E-state index contributed by atoms with van der Waals surface area (Å²) in [4.78, 5) is 12.9. The number of fused-ring (bicyclic) bond motifs is 1. The molecule has 2 aliphatic rings. The fourth-order valence-corrected chi connectivity index (χ4v) is 5.96. The fourth-order valence-electron chi connectivity index (χ4n) is 4.35. The molecule has 4 rings (SSSR count). The van der Waals surface area contributed by atoms with Crippen molar-refractivity contribution in [3.05, 3.63) is 53.6 Å². The van der Waals surface area contributed by atoms with Crippen LogP contribution < -0.4 is 14.9 Å². The summed E-state index contributed by atoms with van der Waals surface area (Å²) < 4.78 is 30.0. The number of aryl methyl sites for hydroxylation is 1. The normalized spacial score (nSPS) is 18.8. The number of nitrogens with one attached hydrogen (secondary N) is 2. The molecule has 2 N–H and O–H groups in total. The van der Waals surface area contributed by atoms with Gasteiger partial charge in [-0.05, 0) is 61.4 Å². The summed E-state index contributed by atoms with van der Waals surface area (Å²) in [5.41, 5.74) is 3.18. The maximum absolute atomic E-state index is 13.6. The van der Waals surface area contributed by atoms with E-state index in [1.165, 1.54) is 11.6 Å². The van der Waals surface area contributed by atoms with Gasteiger partial charge in [-0.1, -0.05) is 47.5 Å². The topological polar surface area (TPSA) is 78.5 Å². The van der Waals surface area contributed by atoms with Crippen molar-refractivity contribution in [1.82, 2.24) is 4.72 Å². The van der Waals surface area contributed by atoms with Crippen LogP contribution in [0.2, 0.25) is 0 Å². The minimum absolute atomic E-state index is 0.149. The number of hydrogen-bond acceptors (Lipinski definition) is 4. The number of halogens is 2. The predicted molar refractivity (Wildman–Crippen MR) is 124 cm³/mol. The molecule has 0 spiro atoms. The van der Waals surface area contributed by atoms with Gasteiger partial charge in [-0.25, -0.2) is 13.1 Å². The molecule has 6 nitrogen and oxygen atoms in total. The van der Waals surface area contributed by atoms with Crippen molar-refractivity contribution in [2.45, 2.75) is 47.9 Å². The molecule has 1 fully saturated rings. The monoisotopic (exact) mass is 481 g/mol. The first-order valence-electron chi connectivity index (χ1n) is 10.4. The second kappa shape index (κ2) is 9.36. The standard InChI is InChI=1S/C22H25Cl2N3O3S/c23-21(24)22(28)25-16-10-11-19(27-12-3-4-13-27)20(14-16)31(29,30)26-18-9-5-7-15-6-1-2-8-17(15)18/h1-2,6,8,10-11,14,18,21,26H,3-5,7,9,12-13H2,(H,25,28)/t18-/m1/s1. The Balaban J connectivity index is 1.69. The smallest absolute Gasteiger partial charge is 0.257 e. The van der Waals surface area contributed by atoms with Gasteiger partial charge in [-0.15, -0.1) is 0 Å². The van der Waals surface area contributed by atoms with Crippen molar-refractivity contribution in [3.63, 3.8) is 0 Å². The molecule has 0 saturated carbocycles. The van der Waals surface area contributed by atoms with E-state index in [1.54, 1.807) is 12.1 Å². The third-order valence-corrected chi connectivity index (χ3v) is 7.73. The summed E-state index contributed by atoms with van der Waals surface area (Å²) in [6, 6.07) is 12.6. The highest BCUT2D eigenvalue weighted by Gasteiger charge is 2.29. The maximum atomic E-state index is 13.6. The molecule has 166 valence electrons. The van der Waals surface area contributed by atoms with Crippen LogP contribution in [0.3, 0.4) is 0 Å². The summed E-state index contributed by atoms with van der Waals surface area (Å²) in [6.45, 7) is 1.60. The molecule has 1 heterocycles. The highest BCUT2D eigenvalue weighted by molar-refractivity contribution is 7.89. The average Bonchev–Trinajstić information content (AvgIpc) is 3.28. The van der Waals surface area contributed by atoms with Crippen LogP contribution in [0.5, 0.6) is 0 Å². The van der Waals surface area contributed by atoms with E-state index in [0.29, 0.717) is 11.4 Å². The van der Waals surface area contributed by atoms with Crippen LogP contribution in [0.25, 0.3) is 0 Å². The molecule has 1 amide bonds. The SMILES string of the molecule is O=C(Nc1ccc(N2CCCC2)c(S(=O)(=O)N[C@@H]2CCCc3ccccc32)c1)C(Cl)Cl. The number of anilines is 2. The number of amides is 1. The van der Waals surface area contributed by atoms with Gasteiger partial charge in [0.1, 0.15) is 4.90 Å². The molecule has 2 aromatic carbocycles. The molecule has 1 aliphatic carbocycles. The molecule has 0 bridgehead atoms. The fraction of sp³-hybridized carbons (Fsp3) is 0.409. The summed E-state index contributed by atoms with van der Waals surface area (Å²) >= 11 is 11.3. The number of rotatable bonds is 6. The molecule has 1 atom stereocenters. The minimum Gasteiger partial charge on any atom is -0.370 e. The Morgan fingerprint density at radius 1 is 1.06 bits per heavy atom. The largest absolute Gasteiger partial charge is 0.370 e. The van der Waals surface area contributed by atoms with Crippen LogP contribution in [0.15, 0.2) is 47.4 Å². The Hall–Kier alpha value is -1.80. The summed E-state index contributed by atoms with van der Waals surface area (Å²) in [6.07, 6.45) is 4.65. The summed E-state index contributed by atoms with van der Waals surface area (Å²) in [7, 11) is -3.86. The van der Waals surface area contributed by atoms with Crippen LogP contribution in [0.4, 0.5) is 11.4 Å². The van der Waals surface area contributed by atoms with Crippen molar-refractivity contribution in [2.75, 3.05) is 23.3 Å². The number of carbonyl (C=O) groups is 1. The molecule has 1 saturated heterocycles. The highest BCUT2D eigenvalue weighted by Crippen LogP contribution is 2.35. The first-order chi connectivity index (χ1) is 14.8. The van der Waals surface area contributed by atoms with Gasteiger partial charge in [-0.3, -0.25) is 4.79 Å². The summed E-state index contributed by atoms with van der Waals surface area (Å²) in [5, 5.41) is 2.58. The van der Waals surface area contributed by atoms with Crippen molar-refractivity contribution in [1.29, 1.82) is 0 Å². The van der Waals surface area contributed by atoms with Gasteiger partial charge in [0.25, 0.3) is 5.91 Å². The third kappa shape index (κ3) is 5.00. The zero-order valence-electron chi connectivity index (χ0n) is 17.0. The predicted octanol–water partition coefficient (Wildman–Crippen LogP) is 4.38. The van der Waals surface area contributed by atoms with E-state index in [0.717, 1.165) is 50.8 Å². The number of nitrogens with zero attached hydrogens (tertiary/aromatic N) is 1. The number of sulfonamides is 1. The molecule has 0 radical (unpaired) electrons. The first-order valence-corrected chi connectivity index (χ1v) is 12.8. The molecule has 9 heteroatoms. The zero-order chi connectivity index (χ0) is 22.0. The lowest BCUT2D eigenvalue weighted by Crippen LogP contribution is -2.32. The van der Waals surface area contributed by atoms with Crippen LogP contribution in [0, 0.1) is 0 Å². The van der Waals surface area contributed by atoms with Crippen LogP contribution in [0.1, 0.15) is 42.9 Å². The van der Waals surface area contributed by atoms with Gasteiger partial charge >= 0.3 is 0 Å². The van der Waals surface area contributed by atoms with E-state index in [2.05, 4.69) is 21.0 Å². The van der Waals surface area contributed by atoms with E-state index in [-0.39, 0.29) is 10.9 Å². The second-order valence-corrected chi connectivity index (χ2v) is 10.7. The Morgan fingerprint density at radius 2 is 1.81 bits per heavy atom. The molecular weight excluding hydrogens is 457 g/mol. The Bertz CT molecular complexity index is 1070. The first kappa shape index (κ1) is 22.4. The maximum Gasteiger partial charge on any atom is 0.257 e. The number of hydrogen-bond donors (Lipinski definition) is 2. The molecule has 1 aliphatic heterocycles. The number of alkyl halides is 2. The van der Waals surface area contributed by atoms with Crippen LogP contribution in [-0.2, 0) is 21.2 Å². The average molecular weight is 482 g/mol. The molecule has 0 unspecified atom stereocenters. The van der Waals surface area contributed by atoms with Gasteiger partial charge in [0.2, 0.25) is 10.0 Å². The lowest BCUT2D eigenvalue weighted by molar-refractivity contribution is -0.114. The van der Waals surface area contributed by atoms with Crippen LogP contribution >= 0.6 is 23.2 Å². The van der Waals surface area contributed by atoms with E-state index in [9.17, 15) is 13.2 Å². The molecule has 0 aromatic heterocycles. The Morgan fingerprint density at radius 3 is 2.55 bits per heavy atom. The quantitative estimate of drug-likeness (QED) is 0.599. The molecule has 31 heavy (non-hydrogen) atoms. The van der Waals surface area contributed by atoms with E-state index in [1.807, 2.05) is 18.2 Å². The van der Waals surface area contributed by atoms with Crippen molar-refractivity contribution >= 4 is 50.5 Å². The molecule has 2 aromatic rings. The lowest BCUT2D eigenvalue weighted by Gasteiger charge is -2.28. The van der Waals surface area contributed by atoms with Gasteiger partial charge < -0.3 is 10.2 Å². The third-order valence-electron chi connectivity index (χ3n) is 5.83. The highest BCUT2D eigenvalue weighted by atomic mass is 35.5. The van der Waals surface area contributed by atoms with E-state index < -0.39 is 20.8 Å².